The van der Waals surface area contributed by atoms with Crippen molar-refractivity contribution >= 4 is 17.6 Å². The zero-order chi connectivity index (χ0) is 21.0. The lowest BCUT2D eigenvalue weighted by molar-refractivity contribution is -0.0174. The van der Waals surface area contributed by atoms with E-state index in [0.29, 0.717) is 38.5 Å². The van der Waals surface area contributed by atoms with Crippen LogP contribution in [0.4, 0.5) is 0 Å². The Balaban J connectivity index is 1.66. The fraction of sp³-hybridized carbons (Fsp3) is 1.00. The molecule has 10 nitrogen and oxygen atoms in total. The van der Waals surface area contributed by atoms with Crippen molar-refractivity contribution < 1.29 is 45.5 Å². The van der Waals surface area contributed by atoms with Crippen molar-refractivity contribution in [3.63, 3.8) is 0 Å². The molecule has 2 atom stereocenters. The van der Waals surface area contributed by atoms with Crippen LogP contribution in [0.2, 0.25) is 12.1 Å². The van der Waals surface area contributed by atoms with Crippen molar-refractivity contribution in [3.8, 4) is 0 Å². The Morgan fingerprint density at radius 3 is 1.38 bits per heavy atom. The number of hydrogen-bond donors (Lipinski definition) is 0. The molecular weight excluding hydrogens is 420 g/mol. The molecule has 0 N–H and O–H groups in total. The number of epoxide rings is 2. The summed E-state index contributed by atoms with van der Waals surface area (Å²) in [5.74, 6) is 0. The normalized spacial score (nSPS) is 21.5. The zero-order valence-electron chi connectivity index (χ0n) is 18.0. The van der Waals surface area contributed by atoms with Gasteiger partial charge in [0.2, 0.25) is 0 Å². The molecule has 2 unspecified atom stereocenters. The van der Waals surface area contributed by atoms with Crippen molar-refractivity contribution in [2.24, 2.45) is 0 Å². The second-order valence-corrected chi connectivity index (χ2v) is 12.8. The summed E-state index contributed by atoms with van der Waals surface area (Å²) in [5, 5.41) is 0. The minimum atomic E-state index is -2.84. The quantitative estimate of drug-likeness (QED) is 0.114. The van der Waals surface area contributed by atoms with Crippen LogP contribution in [0.1, 0.15) is 12.8 Å². The molecule has 172 valence electrons. The summed E-state index contributed by atoms with van der Waals surface area (Å²) < 4.78 is 55.5. The fourth-order valence-corrected chi connectivity index (χ4v) is 6.36. The molecule has 0 saturated carbocycles. The molecule has 2 saturated heterocycles. The molecule has 0 aromatic carbocycles. The maximum absolute atomic E-state index is 5.91. The fourth-order valence-electron chi connectivity index (χ4n) is 2.70. The van der Waals surface area contributed by atoms with Crippen LogP contribution in [0.15, 0.2) is 0 Å². The Bertz CT molecular complexity index is 390. The SMILES string of the molecule is CO[Si](CCCOCC1CO1)(OC)OCO[Si](CCCOCC1CO1)(OC)OC. The lowest BCUT2D eigenvalue weighted by Gasteiger charge is -2.30. The van der Waals surface area contributed by atoms with Crippen LogP contribution in [-0.4, -0.2) is 105 Å². The van der Waals surface area contributed by atoms with Gasteiger partial charge in [-0.15, -0.1) is 0 Å². The van der Waals surface area contributed by atoms with Crippen molar-refractivity contribution in [2.75, 3.05) is 74.9 Å². The molecule has 0 aromatic heterocycles. The first-order chi connectivity index (χ1) is 14.1. The lowest BCUT2D eigenvalue weighted by Crippen LogP contribution is -2.49. The highest BCUT2D eigenvalue weighted by Gasteiger charge is 2.43. The minimum Gasteiger partial charge on any atom is -0.379 e. The van der Waals surface area contributed by atoms with E-state index in [-0.39, 0.29) is 19.0 Å². The highest BCUT2D eigenvalue weighted by molar-refractivity contribution is 6.61. The molecule has 12 heteroatoms. The van der Waals surface area contributed by atoms with Crippen LogP contribution in [0.5, 0.6) is 0 Å². The standard InChI is InChI=1S/C17H36O10Si2/c1-18-28(19-2,9-5-7-22-11-16-13-24-16)26-15-27-29(20-3,21-4)10-6-8-23-12-17-14-25-17/h16-17H,5-15H2,1-4H3. The van der Waals surface area contributed by atoms with E-state index >= 15 is 0 Å². The Kier molecular flexibility index (Phi) is 11.7. The minimum absolute atomic E-state index is 0.0185. The van der Waals surface area contributed by atoms with E-state index in [2.05, 4.69) is 0 Å². The van der Waals surface area contributed by atoms with E-state index < -0.39 is 17.6 Å². The summed E-state index contributed by atoms with van der Waals surface area (Å²) in [6, 6.07) is 1.25. The van der Waals surface area contributed by atoms with Gasteiger partial charge in [-0.3, -0.25) is 0 Å². The van der Waals surface area contributed by atoms with Crippen molar-refractivity contribution in [2.45, 2.75) is 37.1 Å². The van der Waals surface area contributed by atoms with Gasteiger partial charge in [-0.05, 0) is 12.8 Å². The van der Waals surface area contributed by atoms with E-state index in [1.165, 1.54) is 0 Å². The highest BCUT2D eigenvalue weighted by atomic mass is 28.4. The predicted octanol–water partition coefficient (Wildman–Crippen LogP) is 1.05. The summed E-state index contributed by atoms with van der Waals surface area (Å²) in [4.78, 5) is 0. The average molecular weight is 457 g/mol. The first kappa shape index (κ1) is 25.3. The first-order valence-corrected chi connectivity index (χ1v) is 13.8. The first-order valence-electron chi connectivity index (χ1n) is 9.98. The summed E-state index contributed by atoms with van der Waals surface area (Å²) in [6.45, 7) is 4.03. The van der Waals surface area contributed by atoms with Crippen LogP contribution in [0.25, 0.3) is 0 Å². The second kappa shape index (κ2) is 13.4. The van der Waals surface area contributed by atoms with E-state index in [9.17, 15) is 0 Å². The van der Waals surface area contributed by atoms with Gasteiger partial charge < -0.3 is 45.5 Å². The van der Waals surface area contributed by atoms with Gasteiger partial charge in [0.05, 0.1) is 26.4 Å². The van der Waals surface area contributed by atoms with Crippen LogP contribution in [0, 0.1) is 0 Å². The third-order valence-electron chi connectivity index (χ3n) is 4.76. The van der Waals surface area contributed by atoms with Crippen LogP contribution in [-0.2, 0) is 45.5 Å². The van der Waals surface area contributed by atoms with Gasteiger partial charge in [0, 0.05) is 53.7 Å². The predicted molar refractivity (Wildman–Crippen MR) is 107 cm³/mol. The van der Waals surface area contributed by atoms with Gasteiger partial charge in [0.1, 0.15) is 19.0 Å². The van der Waals surface area contributed by atoms with Gasteiger partial charge in [-0.25, -0.2) is 0 Å². The van der Waals surface area contributed by atoms with Crippen LogP contribution < -0.4 is 0 Å². The molecule has 29 heavy (non-hydrogen) atoms. The lowest BCUT2D eigenvalue weighted by atomic mass is 10.5. The second-order valence-electron chi connectivity index (χ2n) is 6.86. The topological polar surface area (TPSA) is 98.9 Å². The van der Waals surface area contributed by atoms with Gasteiger partial charge >= 0.3 is 17.6 Å². The smallest absolute Gasteiger partial charge is 0.379 e. The van der Waals surface area contributed by atoms with Crippen LogP contribution >= 0.6 is 0 Å². The molecule has 2 aliphatic heterocycles. The summed E-state index contributed by atoms with van der Waals surface area (Å²) in [6.07, 6.45) is 2.06. The number of ether oxygens (including phenoxy) is 4. The average Bonchev–Trinajstić information content (AvgIpc) is 3.66. The molecular formula is C17H36O10Si2. The largest absolute Gasteiger partial charge is 0.502 e. The number of rotatable bonds is 20. The van der Waals surface area contributed by atoms with Crippen molar-refractivity contribution in [1.82, 2.24) is 0 Å². The van der Waals surface area contributed by atoms with E-state index in [0.717, 1.165) is 26.1 Å². The Labute approximate surface area is 175 Å². The molecule has 2 rings (SSSR count). The van der Waals surface area contributed by atoms with E-state index in [4.69, 9.17) is 45.5 Å². The van der Waals surface area contributed by atoms with E-state index in [1.54, 1.807) is 28.4 Å². The van der Waals surface area contributed by atoms with Gasteiger partial charge in [0.15, 0.2) is 0 Å². The Morgan fingerprint density at radius 2 is 1.07 bits per heavy atom. The molecule has 0 aliphatic carbocycles. The van der Waals surface area contributed by atoms with Gasteiger partial charge in [-0.1, -0.05) is 0 Å². The molecule has 2 fully saturated rings. The summed E-state index contributed by atoms with van der Waals surface area (Å²) in [7, 11) is 0.673. The molecule has 0 bridgehead atoms. The van der Waals surface area contributed by atoms with Crippen LogP contribution in [0.3, 0.4) is 0 Å². The molecule has 0 amide bonds. The van der Waals surface area contributed by atoms with Gasteiger partial charge in [0.25, 0.3) is 0 Å². The molecule has 0 radical (unpaired) electrons. The summed E-state index contributed by atoms with van der Waals surface area (Å²) in [5.41, 5.74) is 0. The zero-order valence-corrected chi connectivity index (χ0v) is 20.0. The Morgan fingerprint density at radius 1 is 0.690 bits per heavy atom. The molecule has 0 aromatic rings. The monoisotopic (exact) mass is 456 g/mol. The molecule has 2 heterocycles. The van der Waals surface area contributed by atoms with Crippen molar-refractivity contribution in [3.05, 3.63) is 0 Å². The summed E-state index contributed by atoms with van der Waals surface area (Å²) >= 11 is 0. The van der Waals surface area contributed by atoms with Gasteiger partial charge in [-0.2, -0.15) is 0 Å². The number of hydrogen-bond acceptors (Lipinski definition) is 10. The third-order valence-corrected chi connectivity index (χ3v) is 10.3. The maximum atomic E-state index is 5.91. The highest BCUT2D eigenvalue weighted by Crippen LogP contribution is 2.21. The molecule has 2 aliphatic rings. The molecule has 0 spiro atoms. The Hall–Kier alpha value is 0.0338. The van der Waals surface area contributed by atoms with E-state index in [1.807, 2.05) is 0 Å². The van der Waals surface area contributed by atoms with Crippen molar-refractivity contribution in [1.29, 1.82) is 0 Å². The maximum Gasteiger partial charge on any atom is 0.502 e. The third kappa shape index (κ3) is 9.80.